The van der Waals surface area contributed by atoms with E-state index in [1.165, 1.54) is 0 Å². The lowest BCUT2D eigenvalue weighted by molar-refractivity contribution is -0.0158. The molecule has 0 aliphatic rings. The first kappa shape index (κ1) is 18.1. The van der Waals surface area contributed by atoms with Crippen LogP contribution in [0, 0.1) is 5.41 Å². The second kappa shape index (κ2) is 6.50. The SMILES string of the molecule is CCO[Si](OCC)(OC(C)C(C)(C)C)C(C)(C)C. The Hall–Kier alpha value is 0.0969. The Labute approximate surface area is 115 Å². The number of hydrogen-bond acceptors (Lipinski definition) is 3. The van der Waals surface area contributed by atoms with Crippen molar-refractivity contribution in [3.8, 4) is 0 Å². The van der Waals surface area contributed by atoms with Gasteiger partial charge in [-0.15, -0.1) is 0 Å². The van der Waals surface area contributed by atoms with E-state index in [0.717, 1.165) is 0 Å². The summed E-state index contributed by atoms with van der Waals surface area (Å²) in [5, 5.41) is -0.113. The summed E-state index contributed by atoms with van der Waals surface area (Å²) < 4.78 is 18.3. The van der Waals surface area contributed by atoms with Crippen LogP contribution >= 0.6 is 0 Å². The molecule has 0 aromatic carbocycles. The van der Waals surface area contributed by atoms with Crippen molar-refractivity contribution in [1.29, 1.82) is 0 Å². The van der Waals surface area contributed by atoms with Gasteiger partial charge in [0.1, 0.15) is 0 Å². The van der Waals surface area contributed by atoms with E-state index < -0.39 is 8.80 Å². The lowest BCUT2D eigenvalue weighted by Gasteiger charge is -2.43. The molecule has 0 spiro atoms. The maximum absolute atomic E-state index is 6.34. The van der Waals surface area contributed by atoms with Gasteiger partial charge in [-0.2, -0.15) is 0 Å². The van der Waals surface area contributed by atoms with E-state index in [4.69, 9.17) is 13.3 Å². The van der Waals surface area contributed by atoms with Gasteiger partial charge in [-0.3, -0.25) is 0 Å². The highest BCUT2D eigenvalue weighted by molar-refractivity contribution is 6.64. The first-order valence-corrected chi connectivity index (χ1v) is 8.68. The van der Waals surface area contributed by atoms with Gasteiger partial charge in [0.15, 0.2) is 0 Å². The zero-order chi connectivity index (χ0) is 14.6. The average molecular weight is 276 g/mol. The molecule has 1 unspecified atom stereocenters. The maximum Gasteiger partial charge on any atom is 0.506 e. The van der Waals surface area contributed by atoms with Crippen LogP contribution in [0.25, 0.3) is 0 Å². The van der Waals surface area contributed by atoms with Crippen molar-refractivity contribution in [3.05, 3.63) is 0 Å². The molecule has 4 heteroatoms. The minimum Gasteiger partial charge on any atom is -0.373 e. The lowest BCUT2D eigenvalue weighted by atomic mass is 9.91. The van der Waals surface area contributed by atoms with E-state index >= 15 is 0 Å². The summed E-state index contributed by atoms with van der Waals surface area (Å²) in [6.07, 6.45) is 0.0986. The van der Waals surface area contributed by atoms with Crippen molar-refractivity contribution >= 4 is 8.80 Å². The normalized spacial score (nSPS) is 15.8. The predicted octanol–water partition coefficient (Wildman–Crippen LogP) is 4.25. The van der Waals surface area contributed by atoms with Crippen LogP contribution in [0.15, 0.2) is 0 Å². The Bertz CT molecular complexity index is 234. The first-order chi connectivity index (χ1) is 8.00. The van der Waals surface area contributed by atoms with E-state index in [1.807, 2.05) is 13.8 Å². The van der Waals surface area contributed by atoms with Gasteiger partial charge in [0, 0.05) is 18.3 Å². The van der Waals surface area contributed by atoms with E-state index in [2.05, 4.69) is 48.5 Å². The third kappa shape index (κ3) is 4.65. The summed E-state index contributed by atoms with van der Waals surface area (Å²) in [6.45, 7) is 20.3. The molecule has 0 saturated heterocycles. The first-order valence-electron chi connectivity index (χ1n) is 6.96. The molecule has 0 radical (unpaired) electrons. The molecule has 0 aliphatic heterocycles. The van der Waals surface area contributed by atoms with Crippen LogP contribution in [0.5, 0.6) is 0 Å². The standard InChI is InChI=1S/C14H32O3Si/c1-10-15-18(16-11-2,14(7,8)9)17-12(3)13(4,5)6/h12H,10-11H2,1-9H3. The second-order valence-corrected chi connectivity index (χ2v) is 10.2. The predicted molar refractivity (Wildman–Crippen MR) is 78.7 cm³/mol. The molecule has 0 N–H and O–H groups in total. The maximum atomic E-state index is 6.34. The molecule has 0 fully saturated rings. The van der Waals surface area contributed by atoms with Crippen LogP contribution in [0.1, 0.15) is 62.3 Å². The van der Waals surface area contributed by atoms with Gasteiger partial charge >= 0.3 is 8.80 Å². The van der Waals surface area contributed by atoms with E-state index in [0.29, 0.717) is 13.2 Å². The lowest BCUT2D eigenvalue weighted by Crippen LogP contribution is -2.56. The Balaban J connectivity index is 5.19. The summed E-state index contributed by atoms with van der Waals surface area (Å²) in [7, 11) is -2.67. The van der Waals surface area contributed by atoms with Gasteiger partial charge in [-0.25, -0.2) is 0 Å². The number of rotatable bonds is 6. The highest BCUT2D eigenvalue weighted by Gasteiger charge is 2.54. The van der Waals surface area contributed by atoms with Crippen LogP contribution in [0.3, 0.4) is 0 Å². The highest BCUT2D eigenvalue weighted by Crippen LogP contribution is 2.41. The summed E-state index contributed by atoms with van der Waals surface area (Å²) in [5.74, 6) is 0. The Kier molecular flexibility index (Phi) is 6.54. The summed E-state index contributed by atoms with van der Waals surface area (Å²) in [6, 6.07) is 0. The smallest absolute Gasteiger partial charge is 0.373 e. The van der Waals surface area contributed by atoms with Gasteiger partial charge in [0.2, 0.25) is 0 Å². The monoisotopic (exact) mass is 276 g/mol. The highest BCUT2D eigenvalue weighted by atomic mass is 28.4. The topological polar surface area (TPSA) is 27.7 Å². The molecular formula is C14H32O3Si. The molecule has 3 nitrogen and oxygen atoms in total. The molecule has 0 aromatic heterocycles. The van der Waals surface area contributed by atoms with Gasteiger partial charge < -0.3 is 13.3 Å². The Morgan fingerprint density at radius 1 is 0.889 bits per heavy atom. The Morgan fingerprint density at radius 2 is 1.28 bits per heavy atom. The van der Waals surface area contributed by atoms with Crippen LogP contribution in [0.4, 0.5) is 0 Å². The number of hydrogen-bond donors (Lipinski definition) is 0. The largest absolute Gasteiger partial charge is 0.506 e. The van der Waals surface area contributed by atoms with Crippen LogP contribution in [0.2, 0.25) is 5.04 Å². The molecular weight excluding hydrogens is 244 g/mol. The zero-order valence-corrected chi connectivity index (χ0v) is 14.7. The molecule has 110 valence electrons. The quantitative estimate of drug-likeness (QED) is 0.679. The van der Waals surface area contributed by atoms with Gasteiger partial charge in [-0.05, 0) is 26.2 Å². The molecule has 0 saturated carbocycles. The zero-order valence-electron chi connectivity index (χ0n) is 13.7. The molecule has 18 heavy (non-hydrogen) atoms. The molecule has 0 aromatic rings. The molecule has 0 rings (SSSR count). The van der Waals surface area contributed by atoms with Gasteiger partial charge in [-0.1, -0.05) is 41.5 Å². The molecule has 0 aliphatic carbocycles. The third-order valence-corrected chi connectivity index (χ3v) is 6.98. The summed E-state index contributed by atoms with van der Waals surface area (Å²) >= 11 is 0. The fourth-order valence-corrected chi connectivity index (χ4v) is 4.53. The molecule has 0 amide bonds. The van der Waals surface area contributed by atoms with Crippen molar-refractivity contribution in [2.24, 2.45) is 5.41 Å². The van der Waals surface area contributed by atoms with Crippen molar-refractivity contribution in [2.75, 3.05) is 13.2 Å². The van der Waals surface area contributed by atoms with Crippen molar-refractivity contribution in [1.82, 2.24) is 0 Å². The summed E-state index contributed by atoms with van der Waals surface area (Å²) in [4.78, 5) is 0. The fourth-order valence-electron chi connectivity index (χ4n) is 1.51. The Morgan fingerprint density at radius 3 is 1.50 bits per heavy atom. The second-order valence-electron chi connectivity index (χ2n) is 6.80. The van der Waals surface area contributed by atoms with Crippen molar-refractivity contribution in [3.63, 3.8) is 0 Å². The third-order valence-electron chi connectivity index (χ3n) is 3.14. The van der Waals surface area contributed by atoms with Gasteiger partial charge in [0.05, 0.1) is 6.10 Å². The molecule has 1 atom stereocenters. The van der Waals surface area contributed by atoms with Crippen LogP contribution in [-0.2, 0) is 13.3 Å². The van der Waals surface area contributed by atoms with Crippen LogP contribution < -0.4 is 0 Å². The van der Waals surface area contributed by atoms with E-state index in [-0.39, 0.29) is 16.6 Å². The van der Waals surface area contributed by atoms with E-state index in [1.54, 1.807) is 0 Å². The van der Waals surface area contributed by atoms with Gasteiger partial charge in [0.25, 0.3) is 0 Å². The van der Waals surface area contributed by atoms with Crippen molar-refractivity contribution in [2.45, 2.75) is 73.5 Å². The van der Waals surface area contributed by atoms with Crippen molar-refractivity contribution < 1.29 is 13.3 Å². The van der Waals surface area contributed by atoms with E-state index in [9.17, 15) is 0 Å². The average Bonchev–Trinajstić information content (AvgIpc) is 2.14. The summed E-state index contributed by atoms with van der Waals surface area (Å²) in [5.41, 5.74) is 0.0811. The van der Waals surface area contributed by atoms with Crippen LogP contribution in [-0.4, -0.2) is 28.1 Å². The molecule has 0 heterocycles. The fraction of sp³-hybridized carbons (Fsp3) is 1.00. The minimum absolute atomic E-state index is 0.0811. The molecule has 0 bridgehead atoms. The minimum atomic E-state index is -2.67.